The van der Waals surface area contributed by atoms with E-state index in [1.165, 1.54) is 12.1 Å². The molecule has 7 heteroatoms. The summed E-state index contributed by atoms with van der Waals surface area (Å²) in [4.78, 5) is 18.3. The molecule has 0 spiro atoms. The maximum atomic E-state index is 13.3. The lowest BCUT2D eigenvalue weighted by Gasteiger charge is -2.38. The molecule has 2 heterocycles. The summed E-state index contributed by atoms with van der Waals surface area (Å²) >= 11 is 0. The fraction of sp³-hybridized carbons (Fsp3) is 0.368. The Balaban J connectivity index is 1.64. The van der Waals surface area contributed by atoms with Gasteiger partial charge in [-0.1, -0.05) is 12.1 Å². The molecule has 0 atom stereocenters. The number of urea groups is 1. The topological polar surface area (TPSA) is 63.7 Å². The van der Waals surface area contributed by atoms with Crippen LogP contribution in [0.1, 0.15) is 19.4 Å². The van der Waals surface area contributed by atoms with Crippen molar-refractivity contribution in [3.63, 3.8) is 0 Å². The van der Waals surface area contributed by atoms with E-state index in [0.29, 0.717) is 36.9 Å². The highest BCUT2D eigenvalue weighted by atomic mass is 19.1. The second kappa shape index (κ2) is 7.70. The van der Waals surface area contributed by atoms with Crippen molar-refractivity contribution in [3.8, 4) is 11.6 Å². The van der Waals surface area contributed by atoms with Gasteiger partial charge in [-0.2, -0.15) is 0 Å². The van der Waals surface area contributed by atoms with Gasteiger partial charge < -0.3 is 19.7 Å². The summed E-state index contributed by atoms with van der Waals surface area (Å²) in [6, 6.07) is 9.25. The summed E-state index contributed by atoms with van der Waals surface area (Å²) in [6.45, 7) is 5.76. The summed E-state index contributed by atoms with van der Waals surface area (Å²) in [5.74, 6) is 0.301. The van der Waals surface area contributed by atoms with Crippen LogP contribution < -0.4 is 10.1 Å². The molecule has 1 aromatic carbocycles. The first-order valence-electron chi connectivity index (χ1n) is 8.47. The third-order valence-corrected chi connectivity index (χ3v) is 4.00. The fourth-order valence-electron chi connectivity index (χ4n) is 2.77. The van der Waals surface area contributed by atoms with Gasteiger partial charge in [-0.25, -0.2) is 14.2 Å². The van der Waals surface area contributed by atoms with Crippen molar-refractivity contribution in [1.29, 1.82) is 0 Å². The van der Waals surface area contributed by atoms with Crippen molar-refractivity contribution in [1.82, 2.24) is 15.2 Å². The predicted octanol–water partition coefficient (Wildman–Crippen LogP) is 3.33. The van der Waals surface area contributed by atoms with Gasteiger partial charge >= 0.3 is 6.03 Å². The number of carbonyl (C=O) groups excluding carboxylic acids is 1. The maximum Gasteiger partial charge on any atom is 0.317 e. The lowest BCUT2D eigenvalue weighted by atomic mass is 10.1. The van der Waals surface area contributed by atoms with Crippen LogP contribution in [0.4, 0.5) is 9.18 Å². The Bertz CT molecular complexity index is 782. The molecule has 2 amide bonds. The van der Waals surface area contributed by atoms with Gasteiger partial charge in [-0.3, -0.25) is 0 Å². The van der Waals surface area contributed by atoms with Crippen LogP contribution in [0.2, 0.25) is 0 Å². The molecule has 1 fully saturated rings. The van der Waals surface area contributed by atoms with E-state index < -0.39 is 0 Å². The Labute approximate surface area is 151 Å². The highest BCUT2D eigenvalue weighted by Crippen LogP contribution is 2.23. The first-order chi connectivity index (χ1) is 12.4. The van der Waals surface area contributed by atoms with Crippen molar-refractivity contribution >= 4 is 6.03 Å². The average molecular weight is 359 g/mol. The maximum absolute atomic E-state index is 13.3. The molecule has 6 nitrogen and oxygen atoms in total. The lowest BCUT2D eigenvalue weighted by Crippen LogP contribution is -2.53. The van der Waals surface area contributed by atoms with E-state index in [2.05, 4.69) is 10.3 Å². The predicted molar refractivity (Wildman–Crippen MR) is 94.6 cm³/mol. The third kappa shape index (κ3) is 4.70. The Morgan fingerprint density at radius 1 is 1.38 bits per heavy atom. The summed E-state index contributed by atoms with van der Waals surface area (Å²) in [5.41, 5.74) is 0.354. The number of nitrogens with one attached hydrogen (secondary N) is 1. The molecule has 0 unspecified atom stereocenters. The van der Waals surface area contributed by atoms with Gasteiger partial charge in [0.15, 0.2) is 0 Å². The molecule has 0 aliphatic carbocycles. The van der Waals surface area contributed by atoms with Crippen LogP contribution in [0.3, 0.4) is 0 Å². The quantitative estimate of drug-likeness (QED) is 0.909. The molecule has 0 radical (unpaired) electrons. The molecule has 2 aromatic rings. The molecule has 0 saturated carbocycles. The van der Waals surface area contributed by atoms with Gasteiger partial charge in [0.2, 0.25) is 5.88 Å². The summed E-state index contributed by atoms with van der Waals surface area (Å²) in [6.07, 6.45) is 1.59. The molecule has 1 aliphatic heterocycles. The normalized spacial score (nSPS) is 16.2. The zero-order valence-electron chi connectivity index (χ0n) is 14.9. The number of hydrogen-bond acceptors (Lipinski definition) is 4. The van der Waals surface area contributed by atoms with E-state index in [-0.39, 0.29) is 24.0 Å². The van der Waals surface area contributed by atoms with Crippen LogP contribution in [0, 0.1) is 5.82 Å². The number of carbonyl (C=O) groups is 1. The van der Waals surface area contributed by atoms with Gasteiger partial charge in [0.1, 0.15) is 11.6 Å². The number of pyridine rings is 1. The second-order valence-corrected chi connectivity index (χ2v) is 6.72. The van der Waals surface area contributed by atoms with Crippen LogP contribution in [0.25, 0.3) is 0 Å². The number of ether oxygens (including phenoxy) is 2. The first kappa shape index (κ1) is 18.1. The Morgan fingerprint density at radius 3 is 3.00 bits per heavy atom. The summed E-state index contributed by atoms with van der Waals surface area (Å²) in [5, 5.41) is 2.88. The van der Waals surface area contributed by atoms with E-state index in [1.807, 2.05) is 19.9 Å². The van der Waals surface area contributed by atoms with E-state index in [0.717, 1.165) is 0 Å². The molecular formula is C19H22FN3O3. The van der Waals surface area contributed by atoms with Crippen molar-refractivity contribution in [2.24, 2.45) is 0 Å². The van der Waals surface area contributed by atoms with Crippen molar-refractivity contribution in [2.75, 3.05) is 19.7 Å². The number of halogens is 1. The van der Waals surface area contributed by atoms with Crippen molar-refractivity contribution in [2.45, 2.75) is 26.0 Å². The Hall–Kier alpha value is -2.67. The van der Waals surface area contributed by atoms with Gasteiger partial charge in [0, 0.05) is 30.9 Å². The van der Waals surface area contributed by atoms with Crippen LogP contribution in [0.15, 0.2) is 42.6 Å². The summed E-state index contributed by atoms with van der Waals surface area (Å²) in [7, 11) is 0. The van der Waals surface area contributed by atoms with Crippen LogP contribution in [-0.2, 0) is 11.3 Å². The number of rotatable bonds is 4. The molecule has 1 saturated heterocycles. The third-order valence-electron chi connectivity index (χ3n) is 4.00. The largest absolute Gasteiger partial charge is 0.439 e. The number of nitrogens with zero attached hydrogens (tertiary/aromatic N) is 2. The minimum absolute atomic E-state index is 0.165. The van der Waals surface area contributed by atoms with Gasteiger partial charge in [0.25, 0.3) is 0 Å². The van der Waals surface area contributed by atoms with E-state index in [4.69, 9.17) is 9.47 Å². The average Bonchev–Trinajstić information content (AvgIpc) is 2.60. The number of amides is 2. The molecule has 1 N–H and O–H groups in total. The van der Waals surface area contributed by atoms with Crippen LogP contribution in [0.5, 0.6) is 11.6 Å². The Morgan fingerprint density at radius 2 is 2.23 bits per heavy atom. The lowest BCUT2D eigenvalue weighted by molar-refractivity contribution is -0.0733. The van der Waals surface area contributed by atoms with E-state index >= 15 is 0 Å². The van der Waals surface area contributed by atoms with Crippen LogP contribution >= 0.6 is 0 Å². The number of aromatic nitrogens is 1. The first-order valence-corrected chi connectivity index (χ1v) is 8.47. The summed E-state index contributed by atoms with van der Waals surface area (Å²) < 4.78 is 24.6. The second-order valence-electron chi connectivity index (χ2n) is 6.72. The zero-order valence-corrected chi connectivity index (χ0v) is 14.9. The minimum atomic E-state index is -0.386. The molecule has 3 rings (SSSR count). The fourth-order valence-corrected chi connectivity index (χ4v) is 2.77. The smallest absolute Gasteiger partial charge is 0.317 e. The van der Waals surface area contributed by atoms with Crippen molar-refractivity contribution < 1.29 is 18.7 Å². The highest BCUT2D eigenvalue weighted by Gasteiger charge is 2.29. The zero-order chi connectivity index (χ0) is 18.6. The molecule has 138 valence electrons. The van der Waals surface area contributed by atoms with Gasteiger partial charge in [-0.15, -0.1) is 0 Å². The molecule has 1 aliphatic rings. The Kier molecular flexibility index (Phi) is 5.37. The minimum Gasteiger partial charge on any atom is -0.439 e. The SMILES string of the molecule is CC1(C)CN(C(=O)NCc2cccnc2Oc2cccc(F)c2)CCO1. The van der Waals surface area contributed by atoms with E-state index in [1.54, 1.807) is 29.3 Å². The standard InChI is InChI=1S/C19H22FN3O3/c1-19(2)13-23(9-10-25-19)18(24)22-12-14-5-4-8-21-17(14)26-16-7-3-6-15(20)11-16/h3-8,11H,9-10,12-13H2,1-2H3,(H,22,24). The van der Waals surface area contributed by atoms with E-state index in [9.17, 15) is 9.18 Å². The van der Waals surface area contributed by atoms with Crippen LogP contribution in [-0.4, -0.2) is 41.2 Å². The molecule has 0 bridgehead atoms. The molecule has 1 aromatic heterocycles. The van der Waals surface area contributed by atoms with Gasteiger partial charge in [0.05, 0.1) is 18.8 Å². The number of morpholine rings is 1. The highest BCUT2D eigenvalue weighted by molar-refractivity contribution is 5.74. The monoisotopic (exact) mass is 359 g/mol. The molecular weight excluding hydrogens is 337 g/mol. The molecule has 26 heavy (non-hydrogen) atoms. The number of hydrogen-bond donors (Lipinski definition) is 1. The van der Waals surface area contributed by atoms with Gasteiger partial charge in [-0.05, 0) is 32.0 Å². The van der Waals surface area contributed by atoms with Crippen molar-refractivity contribution in [3.05, 3.63) is 54.0 Å². The number of benzene rings is 1.